The molecule has 4 aromatic rings. The van der Waals surface area contributed by atoms with E-state index in [1.54, 1.807) is 0 Å². The molecule has 0 unspecified atom stereocenters. The first-order chi connectivity index (χ1) is 15.8. The summed E-state index contributed by atoms with van der Waals surface area (Å²) in [4.78, 5) is 27.0. The summed E-state index contributed by atoms with van der Waals surface area (Å²) < 4.78 is 7.44. The third-order valence-electron chi connectivity index (χ3n) is 6.19. The van der Waals surface area contributed by atoms with Crippen LogP contribution in [-0.2, 0) is 11.3 Å². The molecule has 0 saturated carbocycles. The molecule has 0 amide bonds. The van der Waals surface area contributed by atoms with Crippen LogP contribution in [0.5, 0.6) is 0 Å². The smallest absolute Gasteiger partial charge is 0.240 e. The second-order valence-corrected chi connectivity index (χ2v) is 8.36. The molecule has 6 rings (SSSR count). The largest absolute Gasteiger partial charge is 0.378 e. The molecule has 32 heavy (non-hydrogen) atoms. The summed E-state index contributed by atoms with van der Waals surface area (Å²) in [5, 5.41) is 1.10. The van der Waals surface area contributed by atoms with Crippen LogP contribution in [-0.4, -0.2) is 73.8 Å². The van der Waals surface area contributed by atoms with Crippen molar-refractivity contribution in [1.29, 1.82) is 0 Å². The monoisotopic (exact) mass is 430 g/mol. The summed E-state index contributed by atoms with van der Waals surface area (Å²) in [6, 6.07) is 8.21. The molecule has 9 heteroatoms. The standard InChI is InChI=1S/C23H26N8O/c1-2-9-29(8-1)14-17-15-31(16-25-17)23-27-21(19-4-3-5-20-18(19)6-7-24-20)26-22(28-23)30-10-12-32-13-11-30/h3-7,15-16,24H,1-2,8-14H2. The molecule has 0 aliphatic carbocycles. The van der Waals surface area contributed by atoms with Gasteiger partial charge < -0.3 is 14.6 Å². The molecule has 2 aliphatic heterocycles. The molecule has 2 aliphatic rings. The number of fused-ring (bicyclic) bond motifs is 1. The SMILES string of the molecule is c1cc(-c2nc(N3CCOCC3)nc(-n3cnc(CN4CCCC4)c3)n2)c2cc[nH]c2c1. The fourth-order valence-electron chi connectivity index (χ4n) is 4.50. The first-order valence-electron chi connectivity index (χ1n) is 11.2. The maximum Gasteiger partial charge on any atom is 0.240 e. The molecule has 0 radical (unpaired) electrons. The Bertz CT molecular complexity index is 1220. The van der Waals surface area contributed by atoms with Gasteiger partial charge in [0.25, 0.3) is 0 Å². The minimum Gasteiger partial charge on any atom is -0.378 e. The number of nitrogens with zero attached hydrogens (tertiary/aromatic N) is 7. The summed E-state index contributed by atoms with van der Waals surface area (Å²) >= 11 is 0. The maximum absolute atomic E-state index is 5.53. The van der Waals surface area contributed by atoms with Gasteiger partial charge in [0, 0.05) is 48.5 Å². The number of aromatic nitrogens is 6. The van der Waals surface area contributed by atoms with Gasteiger partial charge in [-0.25, -0.2) is 4.98 Å². The minimum absolute atomic E-state index is 0.587. The van der Waals surface area contributed by atoms with Crippen LogP contribution in [0.1, 0.15) is 18.5 Å². The van der Waals surface area contributed by atoms with Gasteiger partial charge in [0.2, 0.25) is 11.9 Å². The van der Waals surface area contributed by atoms with Crippen LogP contribution in [0.3, 0.4) is 0 Å². The number of nitrogens with one attached hydrogen (secondary N) is 1. The molecule has 0 bridgehead atoms. The van der Waals surface area contributed by atoms with E-state index in [4.69, 9.17) is 19.7 Å². The van der Waals surface area contributed by atoms with Crippen molar-refractivity contribution < 1.29 is 4.74 Å². The number of rotatable bonds is 5. The summed E-state index contributed by atoms with van der Waals surface area (Å²) in [6.07, 6.45) is 8.33. The molecule has 2 saturated heterocycles. The minimum atomic E-state index is 0.587. The number of likely N-dealkylation sites (tertiary alicyclic amines) is 1. The highest BCUT2D eigenvalue weighted by Crippen LogP contribution is 2.27. The summed E-state index contributed by atoms with van der Waals surface area (Å²) in [7, 11) is 0. The second-order valence-electron chi connectivity index (χ2n) is 8.36. The average Bonchev–Trinajstić information content (AvgIpc) is 3.61. The van der Waals surface area contributed by atoms with Gasteiger partial charge >= 0.3 is 0 Å². The third-order valence-corrected chi connectivity index (χ3v) is 6.19. The Labute approximate surface area is 186 Å². The molecule has 0 atom stereocenters. The van der Waals surface area contributed by atoms with Gasteiger partial charge in [-0.05, 0) is 38.1 Å². The van der Waals surface area contributed by atoms with Crippen molar-refractivity contribution in [1.82, 2.24) is 34.4 Å². The van der Waals surface area contributed by atoms with E-state index in [0.717, 1.165) is 54.9 Å². The number of morpholine rings is 1. The Morgan fingerprint density at radius 1 is 0.938 bits per heavy atom. The van der Waals surface area contributed by atoms with Crippen molar-refractivity contribution in [2.75, 3.05) is 44.3 Å². The summed E-state index contributed by atoms with van der Waals surface area (Å²) in [5.74, 6) is 1.93. The number of imidazole rings is 1. The number of aromatic amines is 1. The average molecular weight is 431 g/mol. The van der Waals surface area contributed by atoms with Gasteiger partial charge in [0.1, 0.15) is 6.33 Å². The van der Waals surface area contributed by atoms with Crippen molar-refractivity contribution in [2.24, 2.45) is 0 Å². The van der Waals surface area contributed by atoms with Crippen molar-refractivity contribution in [3.63, 3.8) is 0 Å². The normalized spacial score (nSPS) is 17.4. The van der Waals surface area contributed by atoms with Crippen LogP contribution in [0.15, 0.2) is 43.0 Å². The van der Waals surface area contributed by atoms with E-state index in [-0.39, 0.29) is 0 Å². The van der Waals surface area contributed by atoms with Gasteiger partial charge in [-0.2, -0.15) is 15.0 Å². The summed E-state index contributed by atoms with van der Waals surface area (Å²) in [5.41, 5.74) is 3.08. The second kappa shape index (κ2) is 8.33. The van der Waals surface area contributed by atoms with Crippen molar-refractivity contribution in [2.45, 2.75) is 19.4 Å². The molecular weight excluding hydrogens is 404 g/mol. The fourth-order valence-corrected chi connectivity index (χ4v) is 4.50. The molecular formula is C23H26N8O. The predicted molar refractivity (Wildman–Crippen MR) is 122 cm³/mol. The molecule has 0 spiro atoms. The third kappa shape index (κ3) is 3.74. The number of ether oxygens (including phenoxy) is 1. The molecule has 3 aromatic heterocycles. The Morgan fingerprint density at radius 3 is 2.66 bits per heavy atom. The first kappa shape index (κ1) is 19.4. The van der Waals surface area contributed by atoms with Crippen LogP contribution in [0.4, 0.5) is 5.95 Å². The molecule has 1 aromatic carbocycles. The molecule has 9 nitrogen and oxygen atoms in total. The van der Waals surface area contributed by atoms with E-state index in [9.17, 15) is 0 Å². The Morgan fingerprint density at radius 2 is 1.78 bits per heavy atom. The predicted octanol–water partition coefficient (Wildman–Crippen LogP) is 2.64. The Kier molecular flexibility index (Phi) is 5.05. The highest BCUT2D eigenvalue weighted by atomic mass is 16.5. The van der Waals surface area contributed by atoms with Gasteiger partial charge in [-0.15, -0.1) is 0 Å². The Balaban J connectivity index is 1.41. The number of anilines is 1. The zero-order chi connectivity index (χ0) is 21.3. The topological polar surface area (TPSA) is 88.0 Å². The molecule has 5 heterocycles. The first-order valence-corrected chi connectivity index (χ1v) is 11.2. The van der Waals surface area contributed by atoms with E-state index in [1.807, 2.05) is 29.4 Å². The zero-order valence-corrected chi connectivity index (χ0v) is 17.9. The number of benzene rings is 1. The Hall–Kier alpha value is -3.30. The quantitative estimate of drug-likeness (QED) is 0.521. The van der Waals surface area contributed by atoms with E-state index in [1.165, 1.54) is 12.8 Å². The lowest BCUT2D eigenvalue weighted by molar-refractivity contribution is 0.122. The number of H-pyrrole nitrogens is 1. The van der Waals surface area contributed by atoms with Crippen LogP contribution in [0.25, 0.3) is 28.2 Å². The lowest BCUT2D eigenvalue weighted by atomic mass is 10.1. The van der Waals surface area contributed by atoms with Crippen molar-refractivity contribution in [3.05, 3.63) is 48.7 Å². The van der Waals surface area contributed by atoms with Gasteiger partial charge in [-0.3, -0.25) is 9.47 Å². The zero-order valence-electron chi connectivity index (χ0n) is 17.9. The van der Waals surface area contributed by atoms with E-state index in [2.05, 4.69) is 38.0 Å². The molecule has 1 N–H and O–H groups in total. The van der Waals surface area contributed by atoms with Gasteiger partial charge in [0.15, 0.2) is 5.82 Å². The lowest BCUT2D eigenvalue weighted by Gasteiger charge is -2.27. The van der Waals surface area contributed by atoms with Crippen LogP contribution in [0, 0.1) is 0 Å². The van der Waals surface area contributed by atoms with E-state index < -0.39 is 0 Å². The highest BCUT2D eigenvalue weighted by molar-refractivity contribution is 5.93. The number of hydrogen-bond donors (Lipinski definition) is 1. The van der Waals surface area contributed by atoms with Crippen LogP contribution in [0.2, 0.25) is 0 Å². The van der Waals surface area contributed by atoms with Crippen LogP contribution < -0.4 is 4.90 Å². The van der Waals surface area contributed by atoms with E-state index >= 15 is 0 Å². The van der Waals surface area contributed by atoms with Crippen molar-refractivity contribution >= 4 is 16.9 Å². The van der Waals surface area contributed by atoms with Crippen molar-refractivity contribution in [3.8, 4) is 17.3 Å². The number of hydrogen-bond acceptors (Lipinski definition) is 7. The van der Waals surface area contributed by atoms with Gasteiger partial charge in [-0.1, -0.05) is 12.1 Å². The highest BCUT2D eigenvalue weighted by Gasteiger charge is 2.20. The molecule has 164 valence electrons. The van der Waals surface area contributed by atoms with Crippen LogP contribution >= 0.6 is 0 Å². The van der Waals surface area contributed by atoms with Gasteiger partial charge in [0.05, 0.1) is 18.9 Å². The fraction of sp³-hybridized carbons (Fsp3) is 0.391. The molecule has 2 fully saturated rings. The summed E-state index contributed by atoms with van der Waals surface area (Å²) in [6.45, 7) is 6.03. The maximum atomic E-state index is 5.53. The lowest BCUT2D eigenvalue weighted by Crippen LogP contribution is -2.37. The van der Waals surface area contributed by atoms with E-state index in [0.29, 0.717) is 30.9 Å².